The highest BCUT2D eigenvalue weighted by atomic mass is 16.6. The minimum absolute atomic E-state index is 0.0158. The van der Waals surface area contributed by atoms with E-state index in [9.17, 15) is 49.5 Å². The molecular weight excluding hydrogens is 732 g/mol. The molecule has 4 aliphatic rings. The highest BCUT2D eigenvalue weighted by molar-refractivity contribution is 6.31. The summed E-state index contributed by atoms with van der Waals surface area (Å²) in [7, 11) is 3.61. The number of ether oxygens (including phenoxy) is 4. The number of aliphatic hydroxyl groups excluding tert-OH is 2. The fourth-order valence-electron chi connectivity index (χ4n) is 8.64. The number of aromatic hydroxyl groups is 2. The predicted octanol–water partition coefficient (Wildman–Crippen LogP) is 0.893. The lowest BCUT2D eigenvalue weighted by Crippen LogP contribution is -2.73. The summed E-state index contributed by atoms with van der Waals surface area (Å²) in [5.41, 5.74) is -9.17. The van der Waals surface area contributed by atoms with Crippen molar-refractivity contribution in [2.45, 2.75) is 74.8 Å². The summed E-state index contributed by atoms with van der Waals surface area (Å²) >= 11 is 0. The van der Waals surface area contributed by atoms with E-state index in [-0.39, 0.29) is 28.9 Å². The topological polar surface area (TPSA) is 247 Å². The third kappa shape index (κ3) is 5.36. The molecule has 3 aromatic rings. The molecule has 7 rings (SSSR count). The van der Waals surface area contributed by atoms with Crippen LogP contribution in [-0.2, 0) is 37.5 Å². The second-order valence-corrected chi connectivity index (χ2v) is 14.3. The first kappa shape index (κ1) is 38.9. The summed E-state index contributed by atoms with van der Waals surface area (Å²) in [6.45, 7) is 3.18. The maximum Gasteiger partial charge on any atom is 0.255 e. The zero-order valence-corrected chi connectivity index (χ0v) is 30.9. The third-order valence-electron chi connectivity index (χ3n) is 11.3. The smallest absolute Gasteiger partial charge is 0.255 e. The maximum atomic E-state index is 14.8. The van der Waals surface area contributed by atoms with Gasteiger partial charge in [0.25, 0.3) is 5.91 Å². The van der Waals surface area contributed by atoms with Gasteiger partial charge in [-0.2, -0.15) is 0 Å². The van der Waals surface area contributed by atoms with Gasteiger partial charge in [-0.05, 0) is 36.6 Å². The normalized spacial score (nSPS) is 29.5. The van der Waals surface area contributed by atoms with Crippen molar-refractivity contribution in [1.82, 2.24) is 10.6 Å². The molecule has 0 unspecified atom stereocenters. The number of phenols is 2. The number of carbonyl (C=O) groups excluding carboxylic acids is 5. The standard InChI is InChI=1S/C40H40N2O14/c1-16-11-19-12-24(44)40(55-5)36(50)27-21(35(49)39(40,52)28(19)31(47)25(16)37(51)41-15-18-9-7-6-8-10-18)13-20-26(30(27)46)23(43)14-22(29(20)45)42-38-34(54-4)32(48)33(53-3)17(2)56-38/h6-11,13-14,17,24,32-34,38,42,44,46-48,52H,12,15H2,1-5H3,(H,41,51)/t17-,24+,32+,33-,34+,38-,39-,40+/m0/s1. The van der Waals surface area contributed by atoms with E-state index in [2.05, 4.69) is 10.6 Å². The number of amides is 1. The van der Waals surface area contributed by atoms with Crippen LogP contribution in [0, 0.1) is 6.92 Å². The molecule has 3 aliphatic carbocycles. The Kier molecular flexibility index (Phi) is 9.73. The Labute approximate surface area is 319 Å². The maximum absolute atomic E-state index is 14.8. The summed E-state index contributed by atoms with van der Waals surface area (Å²) < 4.78 is 22.2. The molecule has 0 saturated carbocycles. The average molecular weight is 773 g/mol. The van der Waals surface area contributed by atoms with Crippen molar-refractivity contribution < 1.29 is 68.5 Å². The van der Waals surface area contributed by atoms with E-state index in [0.717, 1.165) is 24.8 Å². The minimum atomic E-state index is -3.24. The van der Waals surface area contributed by atoms with Crippen LogP contribution in [0.25, 0.3) is 0 Å². The van der Waals surface area contributed by atoms with Crippen LogP contribution in [0.15, 0.2) is 54.2 Å². The number of benzene rings is 3. The van der Waals surface area contributed by atoms with Crippen LogP contribution in [0.5, 0.6) is 11.5 Å². The molecule has 1 aliphatic heterocycles. The summed E-state index contributed by atoms with van der Waals surface area (Å²) in [5, 5.41) is 64.0. The summed E-state index contributed by atoms with van der Waals surface area (Å²) in [6, 6.07) is 11.1. The van der Waals surface area contributed by atoms with E-state index < -0.39 is 123 Å². The number of aryl methyl sites for hydroxylation is 1. The van der Waals surface area contributed by atoms with Crippen molar-refractivity contribution in [2.75, 3.05) is 21.3 Å². The summed E-state index contributed by atoms with van der Waals surface area (Å²) in [6.07, 6.45) is -6.57. The Morgan fingerprint density at radius 3 is 2.25 bits per heavy atom. The van der Waals surface area contributed by atoms with E-state index >= 15 is 0 Å². The van der Waals surface area contributed by atoms with E-state index in [0.29, 0.717) is 0 Å². The largest absolute Gasteiger partial charge is 0.507 e. The van der Waals surface area contributed by atoms with Crippen molar-refractivity contribution in [2.24, 2.45) is 0 Å². The van der Waals surface area contributed by atoms with Crippen LogP contribution in [0.3, 0.4) is 0 Å². The third-order valence-corrected chi connectivity index (χ3v) is 11.3. The first-order chi connectivity index (χ1) is 26.6. The molecule has 1 heterocycles. The fraction of sp³-hybridized carbons (Fsp3) is 0.375. The highest BCUT2D eigenvalue weighted by Crippen LogP contribution is 2.56. The number of phenolic OH excluding ortho intramolecular Hbond substituents is 2. The van der Waals surface area contributed by atoms with Crippen LogP contribution < -0.4 is 10.6 Å². The monoisotopic (exact) mass is 772 g/mol. The van der Waals surface area contributed by atoms with Gasteiger partial charge in [-0.25, -0.2) is 0 Å². The van der Waals surface area contributed by atoms with Gasteiger partial charge in [0, 0.05) is 57.1 Å². The molecule has 294 valence electrons. The number of fused-ring (bicyclic) bond motifs is 5. The molecule has 3 aromatic carbocycles. The van der Waals surface area contributed by atoms with Gasteiger partial charge in [0.1, 0.15) is 29.8 Å². The number of Topliss-reactive ketones (excluding diaryl/α,β-unsaturated/α-hetero) is 3. The number of aliphatic hydroxyl groups is 3. The van der Waals surface area contributed by atoms with Crippen LogP contribution in [0.4, 0.5) is 0 Å². The Bertz CT molecular complexity index is 2240. The van der Waals surface area contributed by atoms with Gasteiger partial charge in [-0.3, -0.25) is 24.0 Å². The molecule has 0 radical (unpaired) electrons. The zero-order valence-electron chi connectivity index (χ0n) is 30.9. The van der Waals surface area contributed by atoms with Crippen LogP contribution >= 0.6 is 0 Å². The molecule has 1 fully saturated rings. The van der Waals surface area contributed by atoms with Crippen LogP contribution in [0.1, 0.15) is 81.0 Å². The molecule has 0 spiro atoms. The van der Waals surface area contributed by atoms with Crippen molar-refractivity contribution in [3.8, 4) is 11.5 Å². The Morgan fingerprint density at radius 1 is 0.929 bits per heavy atom. The van der Waals surface area contributed by atoms with Gasteiger partial charge in [-0.15, -0.1) is 0 Å². The summed E-state index contributed by atoms with van der Waals surface area (Å²) in [4.78, 5) is 70.7. The SMILES string of the molecule is CO[C@@H]1[C@@H](O)[C@@H](OC)[C@@H](NC2=CC(=O)c3c(cc4c(c3O)C(=O)[C@]3(OC)[C@H](O)Cc5cc(C)c(C(=O)NCc6ccccc6)c(O)c5[C@]3(O)C4=O)C2=O)O[C@H]1C. The van der Waals surface area contributed by atoms with Crippen LogP contribution in [0.2, 0.25) is 0 Å². The number of allylic oxidation sites excluding steroid dienone is 2. The molecule has 16 nitrogen and oxygen atoms in total. The molecule has 1 saturated heterocycles. The number of hydrogen-bond acceptors (Lipinski definition) is 15. The Morgan fingerprint density at radius 2 is 1.61 bits per heavy atom. The number of ketones is 4. The summed E-state index contributed by atoms with van der Waals surface area (Å²) in [5.74, 6) is -7.33. The van der Waals surface area contributed by atoms with Gasteiger partial charge in [0.05, 0.1) is 34.6 Å². The second-order valence-electron chi connectivity index (χ2n) is 14.3. The molecule has 8 atom stereocenters. The van der Waals surface area contributed by atoms with Crippen molar-refractivity contribution in [3.63, 3.8) is 0 Å². The number of nitrogens with one attached hydrogen (secondary N) is 2. The van der Waals surface area contributed by atoms with E-state index in [1.54, 1.807) is 37.3 Å². The molecule has 0 bridgehead atoms. The van der Waals surface area contributed by atoms with Gasteiger partial charge in [-0.1, -0.05) is 36.4 Å². The molecule has 7 N–H and O–H groups in total. The predicted molar refractivity (Wildman–Crippen MR) is 192 cm³/mol. The Balaban J connectivity index is 1.33. The number of rotatable bonds is 8. The molecule has 56 heavy (non-hydrogen) atoms. The number of methoxy groups -OCH3 is 3. The first-order valence-corrected chi connectivity index (χ1v) is 17.7. The minimum Gasteiger partial charge on any atom is -0.507 e. The quantitative estimate of drug-likeness (QED) is 0.168. The Hall–Kier alpha value is -5.33. The van der Waals surface area contributed by atoms with Gasteiger partial charge < -0.3 is 55.1 Å². The lowest BCUT2D eigenvalue weighted by Gasteiger charge is -2.53. The van der Waals surface area contributed by atoms with E-state index in [1.165, 1.54) is 27.2 Å². The molecule has 16 heteroatoms. The van der Waals surface area contributed by atoms with Crippen LogP contribution in [-0.4, -0.2) is 118 Å². The fourth-order valence-corrected chi connectivity index (χ4v) is 8.64. The van der Waals surface area contributed by atoms with Gasteiger partial charge in [0.2, 0.25) is 17.3 Å². The number of carbonyl (C=O) groups is 5. The molecule has 1 amide bonds. The van der Waals surface area contributed by atoms with Gasteiger partial charge in [0.15, 0.2) is 23.2 Å². The van der Waals surface area contributed by atoms with E-state index in [4.69, 9.17) is 18.9 Å². The molecule has 0 aromatic heterocycles. The lowest BCUT2D eigenvalue weighted by molar-refractivity contribution is -0.236. The highest BCUT2D eigenvalue weighted by Gasteiger charge is 2.72. The van der Waals surface area contributed by atoms with Crippen molar-refractivity contribution >= 4 is 29.0 Å². The molecular formula is C40H40N2O14. The zero-order chi connectivity index (χ0) is 40.6. The first-order valence-electron chi connectivity index (χ1n) is 17.7. The average Bonchev–Trinajstić information content (AvgIpc) is 3.15. The van der Waals surface area contributed by atoms with E-state index in [1.807, 2.05) is 0 Å². The number of hydrogen-bond donors (Lipinski definition) is 7. The second kappa shape index (κ2) is 14.0. The lowest BCUT2D eigenvalue weighted by atomic mass is 9.56. The van der Waals surface area contributed by atoms with Crippen molar-refractivity contribution in [3.05, 3.63) is 104 Å². The van der Waals surface area contributed by atoms with Gasteiger partial charge >= 0.3 is 0 Å². The van der Waals surface area contributed by atoms with Crippen molar-refractivity contribution in [1.29, 1.82) is 0 Å².